The SMILES string of the molecule is CCCc1cc(C(=O)N2CCc3[nH]ncc3C2)n(C)n1. The molecule has 0 saturated heterocycles. The maximum Gasteiger partial charge on any atom is 0.272 e. The smallest absolute Gasteiger partial charge is 0.272 e. The van der Waals surface area contributed by atoms with Crippen LogP contribution in [-0.4, -0.2) is 37.3 Å². The van der Waals surface area contributed by atoms with Crippen LogP contribution in [0.5, 0.6) is 0 Å². The lowest BCUT2D eigenvalue weighted by molar-refractivity contribution is 0.0723. The summed E-state index contributed by atoms with van der Waals surface area (Å²) in [5.41, 5.74) is 3.91. The highest BCUT2D eigenvalue weighted by Gasteiger charge is 2.25. The Morgan fingerprint density at radius 2 is 2.35 bits per heavy atom. The van der Waals surface area contributed by atoms with E-state index in [1.807, 2.05) is 18.0 Å². The molecule has 6 heteroatoms. The van der Waals surface area contributed by atoms with Gasteiger partial charge in [-0.1, -0.05) is 13.3 Å². The first-order valence-electron chi connectivity index (χ1n) is 7.02. The second kappa shape index (κ2) is 5.11. The minimum Gasteiger partial charge on any atom is -0.332 e. The van der Waals surface area contributed by atoms with Crippen molar-refractivity contribution in [1.29, 1.82) is 0 Å². The number of nitrogens with one attached hydrogen (secondary N) is 1. The molecule has 0 fully saturated rings. The van der Waals surface area contributed by atoms with Gasteiger partial charge in [0.1, 0.15) is 5.69 Å². The molecular weight excluding hydrogens is 254 g/mol. The normalized spacial score (nSPS) is 14.4. The van der Waals surface area contributed by atoms with Crippen molar-refractivity contribution < 1.29 is 4.79 Å². The van der Waals surface area contributed by atoms with E-state index >= 15 is 0 Å². The number of hydrogen-bond acceptors (Lipinski definition) is 3. The van der Waals surface area contributed by atoms with Gasteiger partial charge in [-0.2, -0.15) is 10.2 Å². The van der Waals surface area contributed by atoms with E-state index in [4.69, 9.17) is 0 Å². The molecule has 0 unspecified atom stereocenters. The number of aromatic nitrogens is 4. The van der Waals surface area contributed by atoms with E-state index in [-0.39, 0.29) is 5.91 Å². The van der Waals surface area contributed by atoms with Crippen molar-refractivity contribution in [2.45, 2.75) is 32.7 Å². The van der Waals surface area contributed by atoms with Gasteiger partial charge >= 0.3 is 0 Å². The number of fused-ring (bicyclic) bond motifs is 1. The molecule has 2 aromatic rings. The van der Waals surface area contributed by atoms with Crippen LogP contribution in [0.15, 0.2) is 12.3 Å². The largest absolute Gasteiger partial charge is 0.332 e. The van der Waals surface area contributed by atoms with Crippen molar-refractivity contribution >= 4 is 5.91 Å². The van der Waals surface area contributed by atoms with Crippen LogP contribution in [0.4, 0.5) is 0 Å². The highest BCUT2D eigenvalue weighted by molar-refractivity contribution is 5.92. The van der Waals surface area contributed by atoms with E-state index in [1.54, 1.807) is 10.9 Å². The summed E-state index contributed by atoms with van der Waals surface area (Å²) in [4.78, 5) is 14.5. The van der Waals surface area contributed by atoms with Gasteiger partial charge in [0.25, 0.3) is 5.91 Å². The van der Waals surface area contributed by atoms with Gasteiger partial charge in [0, 0.05) is 37.8 Å². The van der Waals surface area contributed by atoms with Gasteiger partial charge in [-0.05, 0) is 12.5 Å². The van der Waals surface area contributed by atoms with E-state index in [0.29, 0.717) is 12.2 Å². The zero-order valence-corrected chi connectivity index (χ0v) is 11.9. The number of amides is 1. The highest BCUT2D eigenvalue weighted by Crippen LogP contribution is 2.18. The van der Waals surface area contributed by atoms with Crippen molar-refractivity contribution in [2.75, 3.05) is 6.54 Å². The van der Waals surface area contributed by atoms with Gasteiger partial charge in [0.05, 0.1) is 11.9 Å². The van der Waals surface area contributed by atoms with Crippen LogP contribution in [0.25, 0.3) is 0 Å². The van der Waals surface area contributed by atoms with Crippen molar-refractivity contribution in [3.63, 3.8) is 0 Å². The van der Waals surface area contributed by atoms with Crippen LogP contribution in [0, 0.1) is 0 Å². The Kier molecular flexibility index (Phi) is 3.30. The lowest BCUT2D eigenvalue weighted by Crippen LogP contribution is -2.36. The number of aryl methyl sites for hydroxylation is 2. The van der Waals surface area contributed by atoms with Crippen LogP contribution in [0.2, 0.25) is 0 Å². The molecule has 0 bridgehead atoms. The molecule has 2 aromatic heterocycles. The van der Waals surface area contributed by atoms with E-state index in [0.717, 1.165) is 42.8 Å². The van der Waals surface area contributed by atoms with Gasteiger partial charge in [0.15, 0.2) is 0 Å². The molecule has 3 rings (SSSR count). The van der Waals surface area contributed by atoms with Crippen LogP contribution >= 0.6 is 0 Å². The molecule has 3 heterocycles. The van der Waals surface area contributed by atoms with Gasteiger partial charge in [-0.15, -0.1) is 0 Å². The topological polar surface area (TPSA) is 66.8 Å². The van der Waals surface area contributed by atoms with Gasteiger partial charge in [-0.25, -0.2) is 0 Å². The average molecular weight is 273 g/mol. The van der Waals surface area contributed by atoms with Gasteiger partial charge < -0.3 is 4.90 Å². The summed E-state index contributed by atoms with van der Waals surface area (Å²) in [6.07, 6.45) is 4.58. The third kappa shape index (κ3) is 2.21. The molecule has 1 amide bonds. The molecule has 106 valence electrons. The maximum absolute atomic E-state index is 12.6. The fourth-order valence-corrected chi connectivity index (χ4v) is 2.66. The van der Waals surface area contributed by atoms with Gasteiger partial charge in [-0.3, -0.25) is 14.6 Å². The molecule has 0 aliphatic carbocycles. The van der Waals surface area contributed by atoms with Crippen LogP contribution < -0.4 is 0 Å². The summed E-state index contributed by atoms with van der Waals surface area (Å²) < 4.78 is 1.69. The number of aromatic amines is 1. The number of carbonyl (C=O) groups excluding carboxylic acids is 1. The second-order valence-electron chi connectivity index (χ2n) is 5.25. The molecular formula is C14H19N5O. The number of nitrogens with zero attached hydrogens (tertiary/aromatic N) is 4. The fraction of sp³-hybridized carbons (Fsp3) is 0.500. The number of rotatable bonds is 3. The predicted octanol–water partition coefficient (Wildman–Crippen LogP) is 1.29. The van der Waals surface area contributed by atoms with E-state index < -0.39 is 0 Å². The Labute approximate surface area is 117 Å². The van der Waals surface area contributed by atoms with Crippen molar-refractivity contribution in [2.24, 2.45) is 7.05 Å². The van der Waals surface area contributed by atoms with E-state index in [2.05, 4.69) is 22.2 Å². The Balaban J connectivity index is 1.80. The first-order valence-corrected chi connectivity index (χ1v) is 7.02. The van der Waals surface area contributed by atoms with Crippen LogP contribution in [0.1, 0.15) is 40.8 Å². The number of hydrogen-bond donors (Lipinski definition) is 1. The monoisotopic (exact) mass is 273 g/mol. The molecule has 0 spiro atoms. The summed E-state index contributed by atoms with van der Waals surface area (Å²) in [5, 5.41) is 11.4. The Morgan fingerprint density at radius 1 is 1.50 bits per heavy atom. The van der Waals surface area contributed by atoms with Crippen molar-refractivity contribution in [1.82, 2.24) is 24.9 Å². The lowest BCUT2D eigenvalue weighted by Gasteiger charge is -2.26. The van der Waals surface area contributed by atoms with E-state index in [1.165, 1.54) is 0 Å². The third-order valence-corrected chi connectivity index (χ3v) is 3.74. The fourth-order valence-electron chi connectivity index (χ4n) is 2.66. The highest BCUT2D eigenvalue weighted by atomic mass is 16.2. The second-order valence-corrected chi connectivity index (χ2v) is 5.25. The third-order valence-electron chi connectivity index (χ3n) is 3.74. The van der Waals surface area contributed by atoms with Crippen LogP contribution in [-0.2, 0) is 26.4 Å². The summed E-state index contributed by atoms with van der Waals surface area (Å²) in [7, 11) is 1.83. The molecule has 0 saturated carbocycles. The molecule has 1 aliphatic rings. The first-order chi connectivity index (χ1) is 9.69. The minimum atomic E-state index is 0.0502. The molecule has 1 N–H and O–H groups in total. The minimum absolute atomic E-state index is 0.0502. The standard InChI is InChI=1S/C14H19N5O/c1-3-4-11-7-13(18(2)17-11)14(20)19-6-5-12-10(9-19)8-15-16-12/h7-8H,3-6,9H2,1-2H3,(H,15,16). The molecule has 0 atom stereocenters. The maximum atomic E-state index is 12.6. The number of H-pyrrole nitrogens is 1. The molecule has 20 heavy (non-hydrogen) atoms. The Morgan fingerprint density at radius 3 is 3.15 bits per heavy atom. The molecule has 6 nitrogen and oxygen atoms in total. The van der Waals surface area contributed by atoms with Crippen LogP contribution in [0.3, 0.4) is 0 Å². The first kappa shape index (κ1) is 12.9. The summed E-state index contributed by atoms with van der Waals surface area (Å²) >= 11 is 0. The zero-order valence-electron chi connectivity index (χ0n) is 11.9. The quantitative estimate of drug-likeness (QED) is 0.916. The molecule has 0 radical (unpaired) electrons. The predicted molar refractivity (Wildman–Crippen MR) is 74.2 cm³/mol. The lowest BCUT2D eigenvalue weighted by atomic mass is 10.1. The van der Waals surface area contributed by atoms with Gasteiger partial charge in [0.2, 0.25) is 0 Å². The van der Waals surface area contributed by atoms with Crippen molar-refractivity contribution in [3.05, 3.63) is 34.9 Å². The summed E-state index contributed by atoms with van der Waals surface area (Å²) in [5.74, 6) is 0.0502. The molecule has 0 aromatic carbocycles. The number of carbonyl (C=O) groups is 1. The zero-order chi connectivity index (χ0) is 14.1. The Hall–Kier alpha value is -2.11. The summed E-state index contributed by atoms with van der Waals surface area (Å²) in [6, 6.07) is 1.91. The Bertz CT molecular complexity index is 627. The molecule has 1 aliphatic heterocycles. The summed E-state index contributed by atoms with van der Waals surface area (Å²) in [6.45, 7) is 3.46. The van der Waals surface area contributed by atoms with E-state index in [9.17, 15) is 4.79 Å². The average Bonchev–Trinajstić information content (AvgIpc) is 3.04. The van der Waals surface area contributed by atoms with Crippen molar-refractivity contribution in [3.8, 4) is 0 Å².